The Morgan fingerprint density at radius 3 is 2.38 bits per heavy atom. The molecule has 94 valence electrons. The van der Waals surface area contributed by atoms with Crippen molar-refractivity contribution in [1.29, 1.82) is 0 Å². The number of rotatable bonds is 2. The minimum atomic E-state index is -2.45. The van der Waals surface area contributed by atoms with Gasteiger partial charge < -0.3 is 10.5 Å². The highest BCUT2D eigenvalue weighted by Crippen LogP contribution is 2.39. The Labute approximate surface area is 95.5 Å². The van der Waals surface area contributed by atoms with Gasteiger partial charge in [-0.2, -0.15) is 0 Å². The van der Waals surface area contributed by atoms with Crippen molar-refractivity contribution in [2.45, 2.75) is 50.5 Å². The molecule has 2 unspecified atom stereocenters. The van der Waals surface area contributed by atoms with Gasteiger partial charge in [-0.15, -0.1) is 0 Å². The molecule has 1 aliphatic carbocycles. The Morgan fingerprint density at radius 2 is 1.81 bits per heavy atom. The average Bonchev–Trinajstić information content (AvgIpc) is 2.29. The van der Waals surface area contributed by atoms with E-state index in [0.717, 1.165) is 19.4 Å². The molecule has 0 bridgehead atoms. The van der Waals surface area contributed by atoms with Gasteiger partial charge in [0.15, 0.2) is 0 Å². The van der Waals surface area contributed by atoms with E-state index in [1.54, 1.807) is 0 Å². The van der Waals surface area contributed by atoms with Gasteiger partial charge in [0.1, 0.15) is 0 Å². The summed E-state index contributed by atoms with van der Waals surface area (Å²) < 4.78 is 31.4. The van der Waals surface area contributed by atoms with Crippen LogP contribution in [0.4, 0.5) is 8.78 Å². The van der Waals surface area contributed by atoms with E-state index in [0.29, 0.717) is 25.4 Å². The molecule has 2 rings (SSSR count). The summed E-state index contributed by atoms with van der Waals surface area (Å²) in [6, 6.07) is 0.0522. The van der Waals surface area contributed by atoms with E-state index in [4.69, 9.17) is 10.5 Å². The molecule has 1 heterocycles. The number of halogens is 2. The molecule has 0 radical (unpaired) electrons. The summed E-state index contributed by atoms with van der Waals surface area (Å²) in [6.45, 7) is 1.54. The van der Waals surface area contributed by atoms with Gasteiger partial charge in [-0.3, -0.25) is 0 Å². The zero-order chi connectivity index (χ0) is 11.6. The van der Waals surface area contributed by atoms with Crippen LogP contribution >= 0.6 is 0 Å². The Bertz CT molecular complexity index is 219. The summed E-state index contributed by atoms with van der Waals surface area (Å²) in [5.41, 5.74) is 6.19. The molecular weight excluding hydrogens is 212 g/mol. The molecule has 1 saturated heterocycles. The number of hydrogen-bond acceptors (Lipinski definition) is 2. The van der Waals surface area contributed by atoms with E-state index < -0.39 is 5.92 Å². The summed E-state index contributed by atoms with van der Waals surface area (Å²) in [5, 5.41) is 0. The third-order valence-corrected chi connectivity index (χ3v) is 4.05. The maximum Gasteiger partial charge on any atom is 0.248 e. The monoisotopic (exact) mass is 233 g/mol. The molecule has 2 fully saturated rings. The Hall–Kier alpha value is -0.220. The fourth-order valence-electron chi connectivity index (χ4n) is 2.90. The van der Waals surface area contributed by atoms with Crippen molar-refractivity contribution in [2.24, 2.45) is 17.6 Å². The first kappa shape index (κ1) is 12.2. The van der Waals surface area contributed by atoms with Crippen molar-refractivity contribution >= 4 is 0 Å². The Balaban J connectivity index is 1.83. The highest BCUT2D eigenvalue weighted by atomic mass is 19.3. The van der Waals surface area contributed by atoms with Gasteiger partial charge >= 0.3 is 0 Å². The van der Waals surface area contributed by atoms with E-state index >= 15 is 0 Å². The molecule has 2 aliphatic rings. The standard InChI is InChI=1S/C12H21F2NO/c13-12(14)5-3-9(4-6-12)11(15)10-2-1-7-16-8-10/h9-11H,1-8,15H2. The molecule has 4 heteroatoms. The van der Waals surface area contributed by atoms with Gasteiger partial charge in [-0.25, -0.2) is 8.78 Å². The molecule has 0 aromatic rings. The lowest BCUT2D eigenvalue weighted by Crippen LogP contribution is -2.44. The lowest BCUT2D eigenvalue weighted by Gasteiger charge is -2.37. The second kappa shape index (κ2) is 4.96. The molecular formula is C12H21F2NO. The first-order valence-corrected chi connectivity index (χ1v) is 6.30. The third-order valence-electron chi connectivity index (χ3n) is 4.05. The van der Waals surface area contributed by atoms with Gasteiger partial charge in [-0.1, -0.05) is 0 Å². The SMILES string of the molecule is NC(C1CCC(F)(F)CC1)C1CCCOC1. The Morgan fingerprint density at radius 1 is 1.12 bits per heavy atom. The quantitative estimate of drug-likeness (QED) is 0.795. The van der Waals surface area contributed by atoms with Crippen molar-refractivity contribution in [2.75, 3.05) is 13.2 Å². The van der Waals surface area contributed by atoms with E-state index in [1.807, 2.05) is 0 Å². The van der Waals surface area contributed by atoms with Gasteiger partial charge in [0.25, 0.3) is 0 Å². The number of hydrogen-bond donors (Lipinski definition) is 1. The lowest BCUT2D eigenvalue weighted by molar-refractivity contribution is -0.0543. The van der Waals surface area contributed by atoms with E-state index in [9.17, 15) is 8.78 Å². The highest BCUT2D eigenvalue weighted by Gasteiger charge is 2.38. The smallest absolute Gasteiger partial charge is 0.248 e. The minimum Gasteiger partial charge on any atom is -0.381 e. The van der Waals surface area contributed by atoms with Crippen molar-refractivity contribution in [1.82, 2.24) is 0 Å². The second-order valence-electron chi connectivity index (χ2n) is 5.25. The largest absolute Gasteiger partial charge is 0.381 e. The zero-order valence-corrected chi connectivity index (χ0v) is 9.63. The molecule has 2 N–H and O–H groups in total. The maximum absolute atomic E-state index is 13.0. The molecule has 0 aromatic heterocycles. The van der Waals surface area contributed by atoms with Crippen LogP contribution in [0.2, 0.25) is 0 Å². The minimum absolute atomic E-state index is 0.0128. The molecule has 1 saturated carbocycles. The predicted molar refractivity (Wildman–Crippen MR) is 58.4 cm³/mol. The molecule has 0 spiro atoms. The fourth-order valence-corrected chi connectivity index (χ4v) is 2.90. The van der Waals surface area contributed by atoms with Crippen LogP contribution in [0.3, 0.4) is 0 Å². The third kappa shape index (κ3) is 2.92. The summed E-state index contributed by atoms with van der Waals surface area (Å²) in [6.07, 6.45) is 3.32. The molecule has 2 nitrogen and oxygen atoms in total. The lowest BCUT2D eigenvalue weighted by atomic mass is 9.76. The van der Waals surface area contributed by atoms with Crippen LogP contribution in [0.1, 0.15) is 38.5 Å². The molecule has 2 atom stereocenters. The second-order valence-corrected chi connectivity index (χ2v) is 5.25. The summed E-state index contributed by atoms with van der Waals surface area (Å²) in [7, 11) is 0. The van der Waals surface area contributed by atoms with Crippen LogP contribution < -0.4 is 5.73 Å². The number of nitrogens with two attached hydrogens (primary N) is 1. The summed E-state index contributed by atoms with van der Waals surface area (Å²) in [4.78, 5) is 0. The van der Waals surface area contributed by atoms with Crippen molar-refractivity contribution in [3.8, 4) is 0 Å². The zero-order valence-electron chi connectivity index (χ0n) is 9.63. The molecule has 16 heavy (non-hydrogen) atoms. The van der Waals surface area contributed by atoms with E-state index in [1.165, 1.54) is 0 Å². The predicted octanol–water partition coefficient (Wildman–Crippen LogP) is 2.57. The number of ether oxygens (including phenoxy) is 1. The molecule has 0 amide bonds. The average molecular weight is 233 g/mol. The van der Waals surface area contributed by atoms with Crippen LogP contribution in [-0.4, -0.2) is 25.2 Å². The Kier molecular flexibility index (Phi) is 3.80. The normalized spacial score (nSPS) is 33.6. The van der Waals surface area contributed by atoms with Gasteiger partial charge in [0, 0.05) is 25.5 Å². The topological polar surface area (TPSA) is 35.2 Å². The van der Waals surface area contributed by atoms with Crippen LogP contribution in [-0.2, 0) is 4.74 Å². The van der Waals surface area contributed by atoms with Crippen LogP contribution in [0.5, 0.6) is 0 Å². The highest BCUT2D eigenvalue weighted by molar-refractivity contribution is 4.87. The van der Waals surface area contributed by atoms with E-state index in [-0.39, 0.29) is 24.8 Å². The van der Waals surface area contributed by atoms with Gasteiger partial charge in [-0.05, 0) is 37.5 Å². The van der Waals surface area contributed by atoms with Crippen LogP contribution in [0.15, 0.2) is 0 Å². The first-order valence-electron chi connectivity index (χ1n) is 6.30. The van der Waals surface area contributed by atoms with Gasteiger partial charge in [0.2, 0.25) is 5.92 Å². The number of alkyl halides is 2. The molecule has 1 aliphatic heterocycles. The van der Waals surface area contributed by atoms with Crippen molar-refractivity contribution in [3.05, 3.63) is 0 Å². The summed E-state index contributed by atoms with van der Waals surface area (Å²) >= 11 is 0. The van der Waals surface area contributed by atoms with Crippen LogP contribution in [0.25, 0.3) is 0 Å². The first-order chi connectivity index (χ1) is 7.58. The summed E-state index contributed by atoms with van der Waals surface area (Å²) in [5.74, 6) is -1.80. The van der Waals surface area contributed by atoms with Crippen molar-refractivity contribution in [3.63, 3.8) is 0 Å². The van der Waals surface area contributed by atoms with Gasteiger partial charge in [0.05, 0.1) is 6.61 Å². The van der Waals surface area contributed by atoms with E-state index in [2.05, 4.69) is 0 Å². The maximum atomic E-state index is 13.0. The fraction of sp³-hybridized carbons (Fsp3) is 1.00. The van der Waals surface area contributed by atoms with Crippen molar-refractivity contribution < 1.29 is 13.5 Å². The van der Waals surface area contributed by atoms with Crippen LogP contribution in [0, 0.1) is 11.8 Å². The molecule has 0 aromatic carbocycles.